The third-order valence-corrected chi connectivity index (χ3v) is 5.72. The highest BCUT2D eigenvalue weighted by Gasteiger charge is 2.37. The van der Waals surface area contributed by atoms with Crippen LogP contribution in [-0.2, 0) is 19.6 Å². The third-order valence-electron chi connectivity index (χ3n) is 3.84. The molecular formula is C15H21NO4S. The van der Waals surface area contributed by atoms with Gasteiger partial charge in [0, 0.05) is 13.1 Å². The Kier molecular flexibility index (Phi) is 5.00. The van der Waals surface area contributed by atoms with Crippen LogP contribution in [0.3, 0.4) is 0 Å². The summed E-state index contributed by atoms with van der Waals surface area (Å²) in [6, 6.07) is 8.40. The van der Waals surface area contributed by atoms with Gasteiger partial charge in [-0.1, -0.05) is 25.1 Å². The summed E-state index contributed by atoms with van der Waals surface area (Å²) in [5, 5.41) is 0. The van der Waals surface area contributed by atoms with Crippen LogP contribution >= 0.6 is 0 Å². The van der Waals surface area contributed by atoms with Crippen molar-refractivity contribution in [1.29, 1.82) is 0 Å². The lowest BCUT2D eigenvalue weighted by molar-refractivity contribution is -0.151. The number of carbonyl (C=O) groups is 1. The molecule has 0 saturated carbocycles. The van der Waals surface area contributed by atoms with Gasteiger partial charge in [0.2, 0.25) is 10.0 Å². The molecule has 0 N–H and O–H groups in total. The molecule has 0 radical (unpaired) electrons. The molecule has 1 aromatic carbocycles. The third kappa shape index (κ3) is 3.44. The van der Waals surface area contributed by atoms with E-state index in [2.05, 4.69) is 0 Å². The molecule has 1 saturated heterocycles. The van der Waals surface area contributed by atoms with Crippen LogP contribution in [0.25, 0.3) is 0 Å². The van der Waals surface area contributed by atoms with E-state index in [9.17, 15) is 13.2 Å². The van der Waals surface area contributed by atoms with Crippen LogP contribution in [0.4, 0.5) is 0 Å². The summed E-state index contributed by atoms with van der Waals surface area (Å²) in [5.74, 6) is -0.481. The number of benzene rings is 1. The largest absolute Gasteiger partial charge is 0.466 e. The maximum Gasteiger partial charge on any atom is 0.309 e. The molecule has 1 fully saturated rings. The Bertz CT molecular complexity index is 585. The highest BCUT2D eigenvalue weighted by molar-refractivity contribution is 7.89. The molecule has 0 aromatic heterocycles. The first-order chi connectivity index (χ1) is 9.96. The molecule has 0 amide bonds. The van der Waals surface area contributed by atoms with Crippen molar-refractivity contribution in [2.24, 2.45) is 11.8 Å². The fourth-order valence-corrected chi connectivity index (χ4v) is 4.24. The van der Waals surface area contributed by atoms with E-state index in [1.165, 1.54) is 4.31 Å². The number of piperidine rings is 1. The summed E-state index contributed by atoms with van der Waals surface area (Å²) >= 11 is 0. The lowest BCUT2D eigenvalue weighted by Gasteiger charge is -2.34. The van der Waals surface area contributed by atoms with Crippen LogP contribution in [0.1, 0.15) is 20.3 Å². The zero-order valence-electron chi connectivity index (χ0n) is 12.4. The van der Waals surface area contributed by atoms with Crippen molar-refractivity contribution >= 4 is 16.0 Å². The van der Waals surface area contributed by atoms with Gasteiger partial charge >= 0.3 is 5.97 Å². The van der Waals surface area contributed by atoms with E-state index in [4.69, 9.17) is 4.74 Å². The zero-order chi connectivity index (χ0) is 15.5. The van der Waals surface area contributed by atoms with E-state index in [0.29, 0.717) is 31.0 Å². The van der Waals surface area contributed by atoms with Gasteiger partial charge in [-0.05, 0) is 31.4 Å². The van der Waals surface area contributed by atoms with Crippen molar-refractivity contribution in [2.45, 2.75) is 25.2 Å². The SMILES string of the molecule is CCOC(=O)[C@@H]1CCN(S(=O)(=O)c2ccccc2)C[C@@H]1C. The topological polar surface area (TPSA) is 63.7 Å². The molecule has 21 heavy (non-hydrogen) atoms. The Morgan fingerprint density at radius 3 is 2.57 bits per heavy atom. The number of esters is 1. The van der Waals surface area contributed by atoms with E-state index in [1.54, 1.807) is 37.3 Å². The maximum absolute atomic E-state index is 12.5. The van der Waals surface area contributed by atoms with Gasteiger partial charge in [0.15, 0.2) is 0 Å². The molecule has 0 aliphatic carbocycles. The molecule has 0 spiro atoms. The Morgan fingerprint density at radius 2 is 2.00 bits per heavy atom. The summed E-state index contributed by atoms with van der Waals surface area (Å²) in [5.41, 5.74) is 0. The van der Waals surface area contributed by atoms with Gasteiger partial charge in [0.25, 0.3) is 0 Å². The van der Waals surface area contributed by atoms with Gasteiger partial charge in [0.05, 0.1) is 17.4 Å². The molecule has 1 aliphatic rings. The Morgan fingerprint density at radius 1 is 1.33 bits per heavy atom. The fourth-order valence-electron chi connectivity index (χ4n) is 2.67. The number of hydrogen-bond donors (Lipinski definition) is 0. The molecule has 116 valence electrons. The fraction of sp³-hybridized carbons (Fsp3) is 0.533. The van der Waals surface area contributed by atoms with Crippen molar-refractivity contribution < 1.29 is 17.9 Å². The molecule has 0 bridgehead atoms. The predicted molar refractivity (Wildman–Crippen MR) is 79.1 cm³/mol. The molecule has 2 rings (SSSR count). The highest BCUT2D eigenvalue weighted by Crippen LogP contribution is 2.28. The van der Waals surface area contributed by atoms with Gasteiger partial charge in [-0.3, -0.25) is 4.79 Å². The van der Waals surface area contributed by atoms with E-state index < -0.39 is 10.0 Å². The molecule has 5 nitrogen and oxygen atoms in total. The van der Waals surface area contributed by atoms with Crippen LogP contribution in [0.5, 0.6) is 0 Å². The summed E-state index contributed by atoms with van der Waals surface area (Å²) in [4.78, 5) is 12.1. The molecule has 1 aromatic rings. The van der Waals surface area contributed by atoms with E-state index in [-0.39, 0.29) is 17.8 Å². The quantitative estimate of drug-likeness (QED) is 0.797. The Balaban J connectivity index is 2.11. The standard InChI is InChI=1S/C15H21NO4S/c1-3-20-15(17)14-9-10-16(11-12(14)2)21(18,19)13-7-5-4-6-8-13/h4-8,12,14H,3,9-11H2,1-2H3/t12-,14+/m0/s1. The molecule has 2 atom stereocenters. The van der Waals surface area contributed by atoms with Gasteiger partial charge in [-0.15, -0.1) is 0 Å². The number of nitrogens with zero attached hydrogens (tertiary/aromatic N) is 1. The average Bonchev–Trinajstić information content (AvgIpc) is 2.48. The van der Waals surface area contributed by atoms with Gasteiger partial charge in [-0.2, -0.15) is 4.31 Å². The smallest absolute Gasteiger partial charge is 0.309 e. The van der Waals surface area contributed by atoms with E-state index in [0.717, 1.165) is 0 Å². The summed E-state index contributed by atoms with van der Waals surface area (Å²) in [7, 11) is -3.48. The van der Waals surface area contributed by atoms with Gasteiger partial charge in [-0.25, -0.2) is 8.42 Å². The van der Waals surface area contributed by atoms with E-state index >= 15 is 0 Å². The van der Waals surface area contributed by atoms with Gasteiger partial charge in [0.1, 0.15) is 0 Å². The van der Waals surface area contributed by atoms with Gasteiger partial charge < -0.3 is 4.74 Å². The molecule has 1 aliphatic heterocycles. The minimum atomic E-state index is -3.48. The number of sulfonamides is 1. The zero-order valence-corrected chi connectivity index (χ0v) is 13.2. The second-order valence-electron chi connectivity index (χ2n) is 5.30. The molecular weight excluding hydrogens is 290 g/mol. The van der Waals surface area contributed by atoms with Crippen LogP contribution in [0.15, 0.2) is 35.2 Å². The Labute approximate surface area is 126 Å². The van der Waals surface area contributed by atoms with Crippen molar-refractivity contribution in [3.8, 4) is 0 Å². The van der Waals surface area contributed by atoms with Crippen molar-refractivity contribution in [2.75, 3.05) is 19.7 Å². The number of carbonyl (C=O) groups excluding carboxylic acids is 1. The second kappa shape index (κ2) is 6.58. The molecule has 1 heterocycles. The van der Waals surface area contributed by atoms with Crippen LogP contribution < -0.4 is 0 Å². The first-order valence-corrected chi connectivity index (χ1v) is 8.62. The highest BCUT2D eigenvalue weighted by atomic mass is 32.2. The van der Waals surface area contributed by atoms with Crippen molar-refractivity contribution in [1.82, 2.24) is 4.31 Å². The van der Waals surface area contributed by atoms with Crippen molar-refractivity contribution in [3.05, 3.63) is 30.3 Å². The summed E-state index contributed by atoms with van der Waals surface area (Å²) < 4.78 is 31.6. The first-order valence-electron chi connectivity index (χ1n) is 7.18. The number of hydrogen-bond acceptors (Lipinski definition) is 4. The normalized spacial score (nSPS) is 23.7. The summed E-state index contributed by atoms with van der Waals surface area (Å²) in [6.07, 6.45) is 0.506. The first kappa shape index (κ1) is 16.0. The number of ether oxygens (including phenoxy) is 1. The Hall–Kier alpha value is -1.40. The van der Waals surface area contributed by atoms with Crippen LogP contribution in [-0.4, -0.2) is 38.4 Å². The maximum atomic E-state index is 12.5. The molecule has 0 unspecified atom stereocenters. The van der Waals surface area contributed by atoms with Crippen molar-refractivity contribution in [3.63, 3.8) is 0 Å². The lowest BCUT2D eigenvalue weighted by Crippen LogP contribution is -2.45. The van der Waals surface area contributed by atoms with Crippen LogP contribution in [0.2, 0.25) is 0 Å². The lowest BCUT2D eigenvalue weighted by atomic mass is 9.88. The van der Waals surface area contributed by atoms with E-state index in [1.807, 2.05) is 6.92 Å². The monoisotopic (exact) mass is 311 g/mol. The minimum absolute atomic E-state index is 0.0451. The summed E-state index contributed by atoms with van der Waals surface area (Å²) in [6.45, 7) is 4.73. The van der Waals surface area contributed by atoms with Crippen LogP contribution in [0, 0.1) is 11.8 Å². The number of rotatable bonds is 4. The second-order valence-corrected chi connectivity index (χ2v) is 7.24. The predicted octanol–water partition coefficient (Wildman–Crippen LogP) is 1.90. The average molecular weight is 311 g/mol. The minimum Gasteiger partial charge on any atom is -0.466 e. The molecule has 6 heteroatoms.